The van der Waals surface area contributed by atoms with Gasteiger partial charge in [-0.1, -0.05) is 29.8 Å². The fourth-order valence-corrected chi connectivity index (χ4v) is 6.38. The van der Waals surface area contributed by atoms with E-state index in [1.54, 1.807) is 4.90 Å². The summed E-state index contributed by atoms with van der Waals surface area (Å²) in [5.74, 6) is -0.604. The van der Waals surface area contributed by atoms with Crippen molar-refractivity contribution in [1.82, 2.24) is 14.4 Å². The number of rotatable bonds is 8. The lowest BCUT2D eigenvalue weighted by atomic mass is 10.0. The van der Waals surface area contributed by atoms with Crippen LogP contribution in [0.1, 0.15) is 48.4 Å². The Morgan fingerprint density at radius 1 is 1.21 bits per heavy atom. The number of nitrogens with one attached hydrogen (secondary N) is 1. The minimum absolute atomic E-state index is 0.128. The number of piperidine rings is 1. The van der Waals surface area contributed by atoms with E-state index < -0.39 is 5.97 Å². The second-order valence-electron chi connectivity index (χ2n) is 10.2. The molecule has 1 aliphatic heterocycles. The monoisotopic (exact) mass is 555 g/mol. The summed E-state index contributed by atoms with van der Waals surface area (Å²) >= 11 is 7.53. The summed E-state index contributed by atoms with van der Waals surface area (Å²) in [7, 11) is 0. The lowest BCUT2D eigenvalue weighted by Gasteiger charge is -2.39. The van der Waals surface area contributed by atoms with Gasteiger partial charge in [0.2, 0.25) is 11.5 Å². The number of thiophene rings is 1. The molecule has 3 aromatic heterocycles. The van der Waals surface area contributed by atoms with Crippen molar-refractivity contribution in [3.63, 3.8) is 0 Å². The molecule has 4 aromatic rings. The summed E-state index contributed by atoms with van der Waals surface area (Å²) in [5, 5.41) is 13.6. The molecular formula is C28H32ClN4O4S+. The summed E-state index contributed by atoms with van der Waals surface area (Å²) in [4.78, 5) is 30.8. The molecule has 1 aromatic carbocycles. The second kappa shape index (κ2) is 10.9. The number of carboxylic acid groups (broad SMARTS) is 1. The first-order valence-electron chi connectivity index (χ1n) is 12.8. The van der Waals surface area contributed by atoms with Gasteiger partial charge >= 0.3 is 5.97 Å². The average molecular weight is 556 g/mol. The maximum absolute atomic E-state index is 14.1. The molecule has 0 aliphatic carbocycles. The third-order valence-electron chi connectivity index (χ3n) is 7.32. The van der Waals surface area contributed by atoms with E-state index in [4.69, 9.17) is 16.1 Å². The van der Waals surface area contributed by atoms with Crippen LogP contribution in [0.3, 0.4) is 0 Å². The van der Waals surface area contributed by atoms with Gasteiger partial charge in [-0.2, -0.15) is 0 Å². The Bertz CT molecular complexity index is 1460. The number of nitrogens with zero attached hydrogens (tertiary/aromatic N) is 3. The van der Waals surface area contributed by atoms with Crippen LogP contribution in [0, 0.1) is 6.92 Å². The number of aliphatic carboxylic acids is 1. The highest BCUT2D eigenvalue weighted by molar-refractivity contribution is 7.19. The van der Waals surface area contributed by atoms with Crippen LogP contribution in [-0.4, -0.2) is 63.1 Å². The molecule has 0 atom stereocenters. The molecule has 0 radical (unpaired) electrons. The number of H-pyrrole nitrogens is 1. The molecule has 1 aliphatic rings. The van der Waals surface area contributed by atoms with E-state index in [-0.39, 0.29) is 18.5 Å². The highest BCUT2D eigenvalue weighted by Crippen LogP contribution is 2.32. The number of hydrogen-bond donors (Lipinski definition) is 1. The fourth-order valence-electron chi connectivity index (χ4n) is 5.38. The van der Waals surface area contributed by atoms with E-state index in [2.05, 4.69) is 23.9 Å². The number of para-hydroxylation sites is 1. The van der Waals surface area contributed by atoms with Crippen LogP contribution >= 0.6 is 22.9 Å². The van der Waals surface area contributed by atoms with Crippen LogP contribution in [0.15, 0.2) is 47.0 Å². The SMILES string of the molecule is Cc1cccc2cc(C(=O)N(CC(=O)O)C3CCN(C(C)C)CC3)n(Cc3cc(-c4ccc(Cl)s4)o[nH+]3)c12. The van der Waals surface area contributed by atoms with Gasteiger partial charge < -0.3 is 19.5 Å². The zero-order valence-electron chi connectivity index (χ0n) is 21.7. The number of fused-ring (bicyclic) bond motifs is 1. The van der Waals surface area contributed by atoms with Gasteiger partial charge in [-0.05, 0) is 62.5 Å². The number of likely N-dealkylation sites (tertiary alicyclic amines) is 1. The molecule has 1 saturated heterocycles. The Kier molecular flexibility index (Phi) is 7.61. The molecule has 1 fully saturated rings. The number of carbonyl (C=O) groups is 2. The molecule has 10 heteroatoms. The minimum Gasteiger partial charge on any atom is -0.480 e. The van der Waals surface area contributed by atoms with Gasteiger partial charge in [0.15, 0.2) is 0 Å². The highest BCUT2D eigenvalue weighted by Gasteiger charge is 2.33. The number of amides is 1. The Balaban J connectivity index is 1.50. The molecule has 0 unspecified atom stereocenters. The molecule has 2 N–H and O–H groups in total. The van der Waals surface area contributed by atoms with Crippen molar-refractivity contribution in [2.75, 3.05) is 19.6 Å². The largest absolute Gasteiger partial charge is 0.480 e. The molecular weight excluding hydrogens is 524 g/mol. The molecule has 8 nitrogen and oxygen atoms in total. The molecule has 4 heterocycles. The number of aromatic nitrogens is 2. The first kappa shape index (κ1) is 26.5. The number of aromatic amines is 1. The third-order valence-corrected chi connectivity index (χ3v) is 8.57. The van der Waals surface area contributed by atoms with Crippen molar-refractivity contribution in [3.8, 4) is 10.6 Å². The summed E-state index contributed by atoms with van der Waals surface area (Å²) in [6.07, 6.45) is 1.50. The number of benzene rings is 1. The number of halogens is 1. The summed E-state index contributed by atoms with van der Waals surface area (Å²) < 4.78 is 8.36. The summed E-state index contributed by atoms with van der Waals surface area (Å²) in [6, 6.07) is 13.8. The van der Waals surface area contributed by atoms with Gasteiger partial charge in [0.25, 0.3) is 5.91 Å². The lowest BCUT2D eigenvalue weighted by molar-refractivity contribution is -0.613. The van der Waals surface area contributed by atoms with Crippen LogP contribution in [-0.2, 0) is 11.3 Å². The zero-order valence-corrected chi connectivity index (χ0v) is 23.3. The van der Waals surface area contributed by atoms with Gasteiger partial charge in [0, 0.05) is 30.6 Å². The summed E-state index contributed by atoms with van der Waals surface area (Å²) in [5.41, 5.74) is 3.23. The average Bonchev–Trinajstić information content (AvgIpc) is 3.62. The van der Waals surface area contributed by atoms with E-state index >= 15 is 0 Å². The Hall–Kier alpha value is -3.14. The minimum atomic E-state index is -1.01. The van der Waals surface area contributed by atoms with Gasteiger partial charge in [0.1, 0.15) is 18.8 Å². The molecule has 0 saturated carbocycles. The normalized spacial score (nSPS) is 15.0. The van der Waals surface area contributed by atoms with E-state index in [1.165, 1.54) is 11.3 Å². The van der Waals surface area contributed by atoms with Crippen molar-refractivity contribution in [1.29, 1.82) is 0 Å². The van der Waals surface area contributed by atoms with Crippen LogP contribution < -0.4 is 5.16 Å². The smallest absolute Gasteiger partial charge is 0.323 e. The van der Waals surface area contributed by atoms with E-state index in [1.807, 2.05) is 54.0 Å². The number of aryl methyl sites for hydroxylation is 1. The van der Waals surface area contributed by atoms with Crippen LogP contribution in [0.2, 0.25) is 4.34 Å². The number of carboxylic acids is 1. The Morgan fingerprint density at radius 3 is 2.63 bits per heavy atom. The predicted octanol–water partition coefficient (Wildman–Crippen LogP) is 5.19. The first-order valence-corrected chi connectivity index (χ1v) is 14.0. The Labute approximate surface area is 230 Å². The number of carbonyl (C=O) groups excluding carboxylic acids is 1. The van der Waals surface area contributed by atoms with Crippen LogP contribution in [0.5, 0.6) is 0 Å². The van der Waals surface area contributed by atoms with E-state index in [0.29, 0.717) is 28.4 Å². The Morgan fingerprint density at radius 2 is 1.97 bits per heavy atom. The predicted molar refractivity (Wildman–Crippen MR) is 148 cm³/mol. The molecule has 0 bridgehead atoms. The maximum atomic E-state index is 14.1. The van der Waals surface area contributed by atoms with Crippen LogP contribution in [0.25, 0.3) is 21.5 Å². The van der Waals surface area contributed by atoms with Gasteiger partial charge in [0.05, 0.1) is 20.8 Å². The highest BCUT2D eigenvalue weighted by atomic mass is 35.5. The van der Waals surface area contributed by atoms with Gasteiger partial charge in [-0.3, -0.25) is 9.59 Å². The topological polar surface area (TPSA) is 93.1 Å². The molecule has 200 valence electrons. The molecule has 0 spiro atoms. The van der Waals surface area contributed by atoms with Gasteiger partial charge in [-0.15, -0.1) is 11.3 Å². The second-order valence-corrected chi connectivity index (χ2v) is 11.9. The van der Waals surface area contributed by atoms with Crippen molar-refractivity contribution >= 4 is 45.7 Å². The van der Waals surface area contributed by atoms with Crippen LogP contribution in [0.4, 0.5) is 0 Å². The standard InChI is InChI=1S/C28H31ClN4O4S/c1-17(2)31-11-9-21(10-12-31)32(16-26(34)35)28(36)22-13-19-6-4-5-18(3)27(19)33(22)15-20-14-23(37-30-20)24-7-8-25(29)38-24/h4-8,13-14,17,21H,9-12,15-16H2,1-3H3,(H,34,35)/p+1. The van der Waals surface area contributed by atoms with Gasteiger partial charge in [-0.25, -0.2) is 4.52 Å². The van der Waals surface area contributed by atoms with Crippen molar-refractivity contribution in [3.05, 3.63) is 63.8 Å². The summed E-state index contributed by atoms with van der Waals surface area (Å²) in [6.45, 7) is 8.05. The van der Waals surface area contributed by atoms with E-state index in [9.17, 15) is 14.7 Å². The zero-order chi connectivity index (χ0) is 27.0. The van der Waals surface area contributed by atoms with Crippen molar-refractivity contribution in [2.45, 2.75) is 52.2 Å². The number of hydrogen-bond acceptors (Lipinski definition) is 5. The van der Waals surface area contributed by atoms with Crippen molar-refractivity contribution < 1.29 is 24.4 Å². The molecule has 1 amide bonds. The van der Waals surface area contributed by atoms with Crippen molar-refractivity contribution in [2.24, 2.45) is 0 Å². The molecule has 5 rings (SSSR count). The molecule has 38 heavy (non-hydrogen) atoms. The maximum Gasteiger partial charge on any atom is 0.323 e. The van der Waals surface area contributed by atoms with E-state index in [0.717, 1.165) is 53.0 Å². The quantitative estimate of drug-likeness (QED) is 0.323. The lowest BCUT2D eigenvalue weighted by Crippen LogP contribution is -2.50. The third kappa shape index (κ3) is 5.36. The first-order chi connectivity index (χ1) is 18.2. The fraction of sp³-hybridized carbons (Fsp3) is 0.393.